The summed E-state index contributed by atoms with van der Waals surface area (Å²) in [5.74, 6) is 1.19. The van der Waals surface area contributed by atoms with E-state index in [1.165, 1.54) is 0 Å². The maximum Gasteiger partial charge on any atom is 0.0478 e. The Labute approximate surface area is 98.3 Å². The monoisotopic (exact) mass is 246 g/mol. The Kier molecular flexibility index (Phi) is 3.87. The van der Waals surface area contributed by atoms with Crippen LogP contribution in [-0.4, -0.2) is 52.5 Å². The molecule has 94 valence electrons. The van der Waals surface area contributed by atoms with Crippen LogP contribution in [0.25, 0.3) is 0 Å². The molecular formula is C11H22N2O2S. The first-order valence-corrected chi connectivity index (χ1v) is 8.09. The van der Waals surface area contributed by atoms with E-state index in [-0.39, 0.29) is 0 Å². The van der Waals surface area contributed by atoms with Gasteiger partial charge in [0.15, 0.2) is 0 Å². The van der Waals surface area contributed by atoms with E-state index in [2.05, 4.69) is 4.90 Å². The summed E-state index contributed by atoms with van der Waals surface area (Å²) in [6.07, 6.45) is 3.32. The van der Waals surface area contributed by atoms with Gasteiger partial charge in [-0.3, -0.25) is 9.68 Å². The van der Waals surface area contributed by atoms with E-state index in [9.17, 15) is 4.21 Å². The van der Waals surface area contributed by atoms with Gasteiger partial charge in [-0.1, -0.05) is 0 Å². The van der Waals surface area contributed by atoms with Gasteiger partial charge in [0.1, 0.15) is 0 Å². The Morgan fingerprint density at radius 1 is 1.38 bits per heavy atom. The third-order valence-corrected chi connectivity index (χ3v) is 5.45. The third kappa shape index (κ3) is 2.76. The molecule has 1 N–H and O–H groups in total. The molecule has 0 radical (unpaired) electrons. The number of rotatable bonds is 5. The molecule has 2 saturated heterocycles. The van der Waals surface area contributed by atoms with E-state index >= 15 is 0 Å². The molecule has 2 bridgehead atoms. The molecule has 2 atom stereocenters. The minimum Gasteiger partial charge on any atom is -0.382 e. The normalized spacial score (nSPS) is 39.1. The molecule has 2 rings (SSSR count). The summed E-state index contributed by atoms with van der Waals surface area (Å²) in [4.78, 5) is 2.47. The van der Waals surface area contributed by atoms with E-state index in [0.29, 0.717) is 23.6 Å². The van der Waals surface area contributed by atoms with Crippen molar-refractivity contribution in [2.75, 3.05) is 31.3 Å². The predicted octanol–water partition coefficient (Wildman–Crippen LogP) is 1.31. The van der Waals surface area contributed by atoms with Gasteiger partial charge in [0.05, 0.1) is 0 Å². The summed E-state index contributed by atoms with van der Waals surface area (Å²) in [5, 5.41) is 0. The minimum absolute atomic E-state index is 0.408. The molecule has 0 spiro atoms. The lowest BCUT2D eigenvalue weighted by atomic mass is 10.2. The Balaban J connectivity index is 1.84. The molecular weight excluding hydrogens is 224 g/mol. The van der Waals surface area contributed by atoms with E-state index < -0.39 is 9.73 Å². The van der Waals surface area contributed by atoms with Gasteiger partial charge >= 0.3 is 0 Å². The van der Waals surface area contributed by atoms with Gasteiger partial charge < -0.3 is 4.74 Å². The fourth-order valence-electron chi connectivity index (χ4n) is 2.92. The zero-order valence-corrected chi connectivity index (χ0v) is 10.8. The highest BCUT2D eigenvalue weighted by Gasteiger charge is 2.40. The standard InChI is InChI=1S/C11H22N2O2S/c1-2-15-7-3-6-13-10-4-5-11(13)9-16(12,14)8-10/h10-12H,2-9H2,1H3. The maximum atomic E-state index is 11.8. The molecule has 0 aromatic rings. The number of hydrogen-bond donors (Lipinski definition) is 1. The van der Waals surface area contributed by atoms with Crippen LogP contribution in [0.4, 0.5) is 0 Å². The zero-order valence-electron chi connectivity index (χ0n) is 9.98. The molecule has 2 heterocycles. The summed E-state index contributed by atoms with van der Waals surface area (Å²) in [5.41, 5.74) is 0. The van der Waals surface area contributed by atoms with E-state index in [0.717, 1.165) is 39.0 Å². The van der Waals surface area contributed by atoms with Gasteiger partial charge in [-0.05, 0) is 26.2 Å². The number of nitrogens with zero attached hydrogens (tertiary/aromatic N) is 1. The van der Waals surface area contributed by atoms with E-state index in [1.54, 1.807) is 0 Å². The third-order valence-electron chi connectivity index (χ3n) is 3.60. The molecule has 2 fully saturated rings. The van der Waals surface area contributed by atoms with Crippen molar-refractivity contribution in [2.45, 2.75) is 38.3 Å². The first-order chi connectivity index (χ1) is 7.62. The van der Waals surface area contributed by atoms with Crippen molar-refractivity contribution in [1.29, 1.82) is 4.78 Å². The lowest BCUT2D eigenvalue weighted by molar-refractivity contribution is 0.122. The fourth-order valence-corrected chi connectivity index (χ4v) is 5.02. The van der Waals surface area contributed by atoms with Crippen LogP contribution in [0.1, 0.15) is 26.2 Å². The highest BCUT2D eigenvalue weighted by Crippen LogP contribution is 2.31. The Morgan fingerprint density at radius 3 is 2.56 bits per heavy atom. The Hall–Kier alpha value is -0.130. The van der Waals surface area contributed by atoms with Crippen LogP contribution in [0.2, 0.25) is 0 Å². The summed E-state index contributed by atoms with van der Waals surface area (Å²) in [6.45, 7) is 4.67. The number of nitrogens with one attached hydrogen (secondary N) is 1. The molecule has 0 aromatic heterocycles. The van der Waals surface area contributed by atoms with Gasteiger partial charge in [0, 0.05) is 53.1 Å². The van der Waals surface area contributed by atoms with Gasteiger partial charge in [-0.25, -0.2) is 4.21 Å². The molecule has 0 aliphatic carbocycles. The van der Waals surface area contributed by atoms with Crippen LogP contribution in [0, 0.1) is 4.78 Å². The molecule has 4 nitrogen and oxygen atoms in total. The molecule has 2 aliphatic rings. The van der Waals surface area contributed by atoms with Crippen molar-refractivity contribution < 1.29 is 8.95 Å². The van der Waals surface area contributed by atoms with Crippen molar-refractivity contribution in [2.24, 2.45) is 0 Å². The second kappa shape index (κ2) is 5.02. The number of ether oxygens (including phenoxy) is 1. The van der Waals surface area contributed by atoms with Crippen molar-refractivity contribution >= 4 is 9.73 Å². The molecule has 2 aliphatic heterocycles. The van der Waals surface area contributed by atoms with Gasteiger partial charge in [-0.15, -0.1) is 0 Å². The lowest BCUT2D eigenvalue weighted by Gasteiger charge is -2.35. The van der Waals surface area contributed by atoms with Crippen LogP contribution >= 0.6 is 0 Å². The summed E-state index contributed by atoms with van der Waals surface area (Å²) in [7, 11) is -2.26. The number of hydrogen-bond acceptors (Lipinski definition) is 4. The molecule has 0 saturated carbocycles. The quantitative estimate of drug-likeness (QED) is 0.744. The molecule has 16 heavy (non-hydrogen) atoms. The maximum absolute atomic E-state index is 11.8. The average Bonchev–Trinajstić information content (AvgIpc) is 2.45. The van der Waals surface area contributed by atoms with Crippen LogP contribution in [0.15, 0.2) is 0 Å². The second-order valence-electron chi connectivity index (χ2n) is 4.82. The van der Waals surface area contributed by atoms with Crippen molar-refractivity contribution in [3.8, 4) is 0 Å². The highest BCUT2D eigenvalue weighted by molar-refractivity contribution is 7.92. The predicted molar refractivity (Wildman–Crippen MR) is 65.2 cm³/mol. The first kappa shape index (κ1) is 12.3. The van der Waals surface area contributed by atoms with Crippen LogP contribution in [0.5, 0.6) is 0 Å². The van der Waals surface area contributed by atoms with Crippen molar-refractivity contribution in [3.05, 3.63) is 0 Å². The molecule has 5 heteroatoms. The van der Waals surface area contributed by atoms with Gasteiger partial charge in [0.2, 0.25) is 0 Å². The van der Waals surface area contributed by atoms with Gasteiger partial charge in [-0.2, -0.15) is 0 Å². The van der Waals surface area contributed by atoms with Gasteiger partial charge in [0.25, 0.3) is 0 Å². The summed E-state index contributed by atoms with van der Waals surface area (Å²) in [6, 6.07) is 0.816. The smallest absolute Gasteiger partial charge is 0.0478 e. The Morgan fingerprint density at radius 2 is 2.00 bits per heavy atom. The first-order valence-electron chi connectivity index (χ1n) is 6.20. The molecule has 2 unspecified atom stereocenters. The summed E-state index contributed by atoms with van der Waals surface area (Å²) < 4.78 is 24.9. The lowest BCUT2D eigenvalue weighted by Crippen LogP contribution is -2.48. The SMILES string of the molecule is CCOCCCN1C2CCC1CS(=N)(=O)C2. The highest BCUT2D eigenvalue weighted by atomic mass is 32.2. The second-order valence-corrected chi connectivity index (χ2v) is 7.11. The minimum atomic E-state index is -2.26. The average molecular weight is 246 g/mol. The Bertz CT molecular complexity index is 309. The van der Waals surface area contributed by atoms with Crippen LogP contribution < -0.4 is 0 Å². The van der Waals surface area contributed by atoms with Crippen LogP contribution in [0.3, 0.4) is 0 Å². The van der Waals surface area contributed by atoms with Crippen molar-refractivity contribution in [3.63, 3.8) is 0 Å². The summed E-state index contributed by atoms with van der Waals surface area (Å²) >= 11 is 0. The molecule has 0 amide bonds. The topological polar surface area (TPSA) is 53.4 Å². The largest absolute Gasteiger partial charge is 0.382 e. The molecule has 0 aromatic carbocycles. The zero-order chi connectivity index (χ0) is 11.6. The van der Waals surface area contributed by atoms with E-state index in [4.69, 9.17) is 9.52 Å². The van der Waals surface area contributed by atoms with E-state index in [1.807, 2.05) is 6.92 Å². The van der Waals surface area contributed by atoms with Crippen LogP contribution in [-0.2, 0) is 14.5 Å². The van der Waals surface area contributed by atoms with Crippen molar-refractivity contribution in [1.82, 2.24) is 4.90 Å². The number of fused-ring (bicyclic) bond motifs is 2. The fraction of sp³-hybridized carbons (Fsp3) is 1.00.